The number of benzene rings is 2. The van der Waals surface area contributed by atoms with E-state index in [1.54, 1.807) is 0 Å². The van der Waals surface area contributed by atoms with Crippen molar-refractivity contribution in [1.82, 2.24) is 0 Å². The summed E-state index contributed by atoms with van der Waals surface area (Å²) in [6.45, 7) is 4.55. The normalized spacial score (nSPS) is 11.1. The van der Waals surface area contributed by atoms with E-state index in [4.69, 9.17) is 0 Å². The molecule has 0 saturated heterocycles. The quantitative estimate of drug-likeness (QED) is 0.339. The molecule has 138 valence electrons. The SMILES string of the molecule is CCCCCCc1ccc([I-]c2ccc(CCCCCC)cc2)cc1. The molecule has 0 N–H and O–H groups in total. The molecular formula is C24H34I-. The van der Waals surface area contributed by atoms with Crippen LogP contribution in [0.1, 0.15) is 76.3 Å². The van der Waals surface area contributed by atoms with Crippen molar-refractivity contribution in [3.05, 3.63) is 66.8 Å². The summed E-state index contributed by atoms with van der Waals surface area (Å²) in [5.41, 5.74) is 3.01. The second-order valence-electron chi connectivity index (χ2n) is 6.97. The molecule has 2 aromatic rings. The molecule has 0 aliphatic carbocycles. The van der Waals surface area contributed by atoms with Gasteiger partial charge in [0.25, 0.3) is 0 Å². The van der Waals surface area contributed by atoms with Crippen LogP contribution in [0.5, 0.6) is 0 Å². The Kier molecular flexibility index (Phi) is 10.3. The fourth-order valence-electron chi connectivity index (χ4n) is 3.07. The molecule has 25 heavy (non-hydrogen) atoms. The van der Waals surface area contributed by atoms with Gasteiger partial charge in [-0.3, -0.25) is 0 Å². The molecule has 0 nitrogen and oxygen atoms in total. The number of halogens is 1. The van der Waals surface area contributed by atoms with Gasteiger partial charge in [0.15, 0.2) is 0 Å². The van der Waals surface area contributed by atoms with Crippen molar-refractivity contribution in [3.63, 3.8) is 0 Å². The fraction of sp³-hybridized carbons (Fsp3) is 0.500. The van der Waals surface area contributed by atoms with E-state index in [1.807, 2.05) is 0 Å². The zero-order valence-corrected chi connectivity index (χ0v) is 18.2. The third kappa shape index (κ3) is 8.40. The maximum atomic E-state index is 2.36. The Hall–Kier alpha value is -0.830. The van der Waals surface area contributed by atoms with Crippen LogP contribution in [0.25, 0.3) is 0 Å². The molecule has 0 bridgehead atoms. The molecule has 0 aromatic heterocycles. The van der Waals surface area contributed by atoms with E-state index in [-0.39, 0.29) is 21.2 Å². The Bertz CT molecular complexity index is 515. The van der Waals surface area contributed by atoms with Gasteiger partial charge in [-0.1, -0.05) is 0 Å². The number of hydrogen-bond donors (Lipinski definition) is 0. The van der Waals surface area contributed by atoms with Crippen LogP contribution >= 0.6 is 0 Å². The van der Waals surface area contributed by atoms with Crippen LogP contribution in [-0.4, -0.2) is 0 Å². The number of hydrogen-bond acceptors (Lipinski definition) is 0. The van der Waals surface area contributed by atoms with Crippen LogP contribution in [0.2, 0.25) is 0 Å². The summed E-state index contributed by atoms with van der Waals surface area (Å²) in [7, 11) is 0. The van der Waals surface area contributed by atoms with Gasteiger partial charge in [-0.15, -0.1) is 0 Å². The van der Waals surface area contributed by atoms with E-state index < -0.39 is 0 Å². The van der Waals surface area contributed by atoms with Crippen LogP contribution in [0, 0.1) is 7.14 Å². The second-order valence-corrected chi connectivity index (χ2v) is 10.00. The fourth-order valence-corrected chi connectivity index (χ4v) is 5.22. The van der Waals surface area contributed by atoms with Gasteiger partial charge >= 0.3 is 166 Å². The predicted molar refractivity (Wildman–Crippen MR) is 106 cm³/mol. The van der Waals surface area contributed by atoms with Crippen LogP contribution in [-0.2, 0) is 12.8 Å². The third-order valence-corrected chi connectivity index (χ3v) is 7.37. The van der Waals surface area contributed by atoms with Crippen LogP contribution in [0.3, 0.4) is 0 Å². The molecule has 0 aliphatic heterocycles. The van der Waals surface area contributed by atoms with Gasteiger partial charge < -0.3 is 0 Å². The van der Waals surface area contributed by atoms with Crippen LogP contribution in [0.15, 0.2) is 48.5 Å². The monoisotopic (exact) mass is 449 g/mol. The first-order chi connectivity index (χ1) is 12.3. The van der Waals surface area contributed by atoms with Crippen molar-refractivity contribution in [3.8, 4) is 0 Å². The number of rotatable bonds is 12. The van der Waals surface area contributed by atoms with Crippen molar-refractivity contribution in [2.45, 2.75) is 78.1 Å². The minimum atomic E-state index is -0.0360. The van der Waals surface area contributed by atoms with E-state index >= 15 is 0 Å². The van der Waals surface area contributed by atoms with Crippen LogP contribution in [0.4, 0.5) is 0 Å². The predicted octanol–water partition coefficient (Wildman–Crippen LogP) is 4.06. The maximum absolute atomic E-state index is 2.36. The third-order valence-electron chi connectivity index (χ3n) is 4.68. The van der Waals surface area contributed by atoms with Crippen molar-refractivity contribution < 1.29 is 21.2 Å². The summed E-state index contributed by atoms with van der Waals surface area (Å²) in [6, 6.07) is 18.8. The molecule has 0 heterocycles. The van der Waals surface area contributed by atoms with Crippen molar-refractivity contribution in [1.29, 1.82) is 0 Å². The van der Waals surface area contributed by atoms with E-state index in [9.17, 15) is 0 Å². The first kappa shape index (κ1) is 20.5. The van der Waals surface area contributed by atoms with E-state index in [1.165, 1.54) is 82.5 Å². The molecular weight excluding hydrogens is 415 g/mol. The van der Waals surface area contributed by atoms with Gasteiger partial charge in [0.05, 0.1) is 0 Å². The Balaban J connectivity index is 1.77. The molecule has 0 aliphatic rings. The van der Waals surface area contributed by atoms with Gasteiger partial charge in [-0.05, 0) is 0 Å². The zero-order valence-electron chi connectivity index (χ0n) is 16.1. The first-order valence-electron chi connectivity index (χ1n) is 10.1. The summed E-state index contributed by atoms with van der Waals surface area (Å²) >= 11 is -0.0360. The summed E-state index contributed by atoms with van der Waals surface area (Å²) in [5.74, 6) is 0. The summed E-state index contributed by atoms with van der Waals surface area (Å²) in [6.07, 6.45) is 13.3. The Morgan fingerprint density at radius 2 is 0.920 bits per heavy atom. The van der Waals surface area contributed by atoms with Crippen molar-refractivity contribution in [2.24, 2.45) is 0 Å². The van der Waals surface area contributed by atoms with Gasteiger partial charge in [-0.2, -0.15) is 0 Å². The zero-order chi connectivity index (χ0) is 17.7. The average Bonchev–Trinajstić information content (AvgIpc) is 2.65. The molecule has 0 amide bonds. The van der Waals surface area contributed by atoms with Crippen molar-refractivity contribution >= 4 is 0 Å². The van der Waals surface area contributed by atoms with Gasteiger partial charge in [0.1, 0.15) is 0 Å². The Morgan fingerprint density at radius 1 is 0.520 bits per heavy atom. The number of unbranched alkanes of at least 4 members (excludes halogenated alkanes) is 6. The van der Waals surface area contributed by atoms with Gasteiger partial charge in [0, 0.05) is 0 Å². The van der Waals surface area contributed by atoms with Crippen LogP contribution < -0.4 is 21.2 Å². The minimum absolute atomic E-state index is 0.0360. The topological polar surface area (TPSA) is 0 Å². The standard InChI is InChI=1S/C24H34I/c1-3-5-7-9-11-21-13-17-23(18-14-21)25-24-19-15-22(16-20-24)12-10-8-6-4-2/h13-20H,3-12H2,1-2H3/q-1. The van der Waals surface area contributed by atoms with E-state index in [0.29, 0.717) is 0 Å². The van der Waals surface area contributed by atoms with Gasteiger partial charge in [0.2, 0.25) is 0 Å². The summed E-state index contributed by atoms with van der Waals surface area (Å²) < 4.78 is 3.07. The molecule has 0 radical (unpaired) electrons. The van der Waals surface area contributed by atoms with E-state index in [0.717, 1.165) is 0 Å². The molecule has 0 unspecified atom stereocenters. The molecule has 0 atom stereocenters. The summed E-state index contributed by atoms with van der Waals surface area (Å²) in [5, 5.41) is 0. The first-order valence-corrected chi connectivity index (χ1v) is 12.3. The Labute approximate surface area is 165 Å². The average molecular weight is 449 g/mol. The number of aryl methyl sites for hydroxylation is 2. The Morgan fingerprint density at radius 3 is 1.28 bits per heavy atom. The molecule has 2 rings (SSSR count). The molecule has 1 heteroatoms. The molecule has 0 saturated carbocycles. The second kappa shape index (κ2) is 12.5. The molecule has 0 spiro atoms. The van der Waals surface area contributed by atoms with Crippen molar-refractivity contribution in [2.75, 3.05) is 0 Å². The van der Waals surface area contributed by atoms with Gasteiger partial charge in [-0.25, -0.2) is 0 Å². The summed E-state index contributed by atoms with van der Waals surface area (Å²) in [4.78, 5) is 0. The van der Waals surface area contributed by atoms with E-state index in [2.05, 4.69) is 62.4 Å². The molecule has 0 fully saturated rings. The molecule has 2 aromatic carbocycles.